The summed E-state index contributed by atoms with van der Waals surface area (Å²) in [6.07, 6.45) is 1.000. The highest BCUT2D eigenvalue weighted by Crippen LogP contribution is 2.20. The molecule has 2 rings (SSSR count). The van der Waals surface area contributed by atoms with Gasteiger partial charge in [-0.05, 0) is 34.5 Å². The first kappa shape index (κ1) is 13.0. The molecule has 4 nitrogen and oxygen atoms in total. The Bertz CT molecular complexity index is 483. The van der Waals surface area contributed by atoms with Gasteiger partial charge in [0, 0.05) is 19.0 Å². The molecule has 1 unspecified atom stereocenters. The fourth-order valence-electron chi connectivity index (χ4n) is 1.80. The second kappa shape index (κ2) is 5.48. The number of halogens is 2. The average Bonchev–Trinajstić information content (AvgIpc) is 2.35. The fourth-order valence-corrected chi connectivity index (χ4v) is 2.24. The number of carbonyl (C=O) groups excluding carboxylic acids is 2. The molecule has 1 aliphatic heterocycles. The predicted molar refractivity (Wildman–Crippen MR) is 67.6 cm³/mol. The van der Waals surface area contributed by atoms with Crippen molar-refractivity contribution in [3.05, 3.63) is 34.1 Å². The first-order valence-corrected chi connectivity index (χ1v) is 6.39. The predicted octanol–water partition coefficient (Wildman–Crippen LogP) is 1.60. The van der Waals surface area contributed by atoms with Gasteiger partial charge in [0.15, 0.2) is 0 Å². The van der Waals surface area contributed by atoms with Crippen molar-refractivity contribution < 1.29 is 14.0 Å². The Morgan fingerprint density at radius 3 is 2.94 bits per heavy atom. The molecule has 1 saturated heterocycles. The molecule has 2 N–H and O–H groups in total. The van der Waals surface area contributed by atoms with Crippen molar-refractivity contribution in [1.29, 1.82) is 0 Å². The van der Waals surface area contributed by atoms with Crippen LogP contribution in [0.4, 0.5) is 4.39 Å². The number of piperidine rings is 1. The Hall–Kier alpha value is -1.43. The topological polar surface area (TPSA) is 58.2 Å². The molecule has 1 aliphatic rings. The van der Waals surface area contributed by atoms with E-state index in [9.17, 15) is 14.0 Å². The second-order valence-corrected chi connectivity index (χ2v) is 4.91. The quantitative estimate of drug-likeness (QED) is 0.871. The van der Waals surface area contributed by atoms with Gasteiger partial charge < -0.3 is 10.6 Å². The van der Waals surface area contributed by atoms with Gasteiger partial charge in [-0.3, -0.25) is 9.59 Å². The zero-order chi connectivity index (χ0) is 13.1. The maximum absolute atomic E-state index is 13.3. The summed E-state index contributed by atoms with van der Waals surface area (Å²) in [5.41, 5.74) is 0.256. The lowest BCUT2D eigenvalue weighted by atomic mass is 10.1. The number of hydrogen-bond donors (Lipinski definition) is 2. The number of hydrogen-bond acceptors (Lipinski definition) is 2. The molecule has 0 aromatic heterocycles. The van der Waals surface area contributed by atoms with E-state index in [4.69, 9.17) is 0 Å². The molecule has 0 aliphatic carbocycles. The number of nitrogens with one attached hydrogen (secondary N) is 2. The first-order valence-electron chi connectivity index (χ1n) is 5.59. The lowest BCUT2D eigenvalue weighted by molar-refractivity contribution is -0.122. The number of carbonyl (C=O) groups is 2. The lowest BCUT2D eigenvalue weighted by Crippen LogP contribution is -2.47. The van der Waals surface area contributed by atoms with Crippen LogP contribution in [-0.2, 0) is 4.79 Å². The van der Waals surface area contributed by atoms with Crippen LogP contribution >= 0.6 is 15.9 Å². The number of benzene rings is 1. The largest absolute Gasteiger partial charge is 0.354 e. The van der Waals surface area contributed by atoms with Gasteiger partial charge in [0.05, 0.1) is 10.0 Å². The van der Waals surface area contributed by atoms with E-state index in [0.29, 0.717) is 19.4 Å². The minimum atomic E-state index is -0.473. The van der Waals surface area contributed by atoms with Gasteiger partial charge in [-0.15, -0.1) is 0 Å². The van der Waals surface area contributed by atoms with E-state index in [1.54, 1.807) is 6.07 Å². The summed E-state index contributed by atoms with van der Waals surface area (Å²) in [6, 6.07) is 4.20. The minimum absolute atomic E-state index is 0.00700. The van der Waals surface area contributed by atoms with Gasteiger partial charge in [0.2, 0.25) is 5.91 Å². The van der Waals surface area contributed by atoms with Crippen molar-refractivity contribution in [3.8, 4) is 0 Å². The van der Waals surface area contributed by atoms with Crippen LogP contribution in [0.15, 0.2) is 22.7 Å². The molecule has 1 aromatic rings. The fraction of sp³-hybridized carbons (Fsp3) is 0.333. The summed E-state index contributed by atoms with van der Waals surface area (Å²) in [4.78, 5) is 22.9. The van der Waals surface area contributed by atoms with Gasteiger partial charge >= 0.3 is 0 Å². The van der Waals surface area contributed by atoms with Crippen molar-refractivity contribution in [2.75, 3.05) is 6.54 Å². The summed E-state index contributed by atoms with van der Waals surface area (Å²) in [5, 5.41) is 5.45. The molecular weight excluding hydrogens is 303 g/mol. The number of rotatable bonds is 2. The third-order valence-corrected chi connectivity index (χ3v) is 3.60. The van der Waals surface area contributed by atoms with E-state index in [-0.39, 0.29) is 27.9 Å². The van der Waals surface area contributed by atoms with E-state index < -0.39 is 5.82 Å². The van der Waals surface area contributed by atoms with E-state index >= 15 is 0 Å². The van der Waals surface area contributed by atoms with Crippen LogP contribution in [0.2, 0.25) is 0 Å². The van der Waals surface area contributed by atoms with E-state index in [1.165, 1.54) is 12.1 Å². The van der Waals surface area contributed by atoms with Crippen LogP contribution in [0.5, 0.6) is 0 Å². The van der Waals surface area contributed by atoms with Crippen LogP contribution in [0, 0.1) is 5.82 Å². The van der Waals surface area contributed by atoms with Crippen LogP contribution in [0.3, 0.4) is 0 Å². The summed E-state index contributed by atoms with van der Waals surface area (Å²) in [5.74, 6) is -0.824. The monoisotopic (exact) mass is 314 g/mol. The van der Waals surface area contributed by atoms with Crippen LogP contribution in [0.25, 0.3) is 0 Å². The van der Waals surface area contributed by atoms with Gasteiger partial charge in [0.1, 0.15) is 5.82 Å². The van der Waals surface area contributed by atoms with Crippen molar-refractivity contribution in [3.63, 3.8) is 0 Å². The Kier molecular flexibility index (Phi) is 3.96. The van der Waals surface area contributed by atoms with Gasteiger partial charge in [-0.1, -0.05) is 6.07 Å². The molecule has 2 amide bonds. The summed E-state index contributed by atoms with van der Waals surface area (Å²) < 4.78 is 13.4. The molecule has 1 aromatic carbocycles. The highest BCUT2D eigenvalue weighted by atomic mass is 79.9. The smallest absolute Gasteiger partial charge is 0.252 e. The third-order valence-electron chi connectivity index (χ3n) is 2.80. The minimum Gasteiger partial charge on any atom is -0.354 e. The van der Waals surface area contributed by atoms with Crippen LogP contribution in [0.1, 0.15) is 23.2 Å². The summed E-state index contributed by atoms with van der Waals surface area (Å²) in [7, 11) is 0. The van der Waals surface area contributed by atoms with E-state index in [2.05, 4.69) is 26.6 Å². The molecule has 0 spiro atoms. The van der Waals surface area contributed by atoms with Gasteiger partial charge in [-0.2, -0.15) is 0 Å². The molecule has 18 heavy (non-hydrogen) atoms. The van der Waals surface area contributed by atoms with Crippen molar-refractivity contribution >= 4 is 27.7 Å². The SMILES string of the molecule is O=C1CCC(NC(=O)c2cccc(F)c2Br)CN1. The Morgan fingerprint density at radius 1 is 1.50 bits per heavy atom. The highest BCUT2D eigenvalue weighted by Gasteiger charge is 2.21. The lowest BCUT2D eigenvalue weighted by Gasteiger charge is -2.23. The molecule has 0 bridgehead atoms. The van der Waals surface area contributed by atoms with Crippen LogP contribution in [-0.4, -0.2) is 24.4 Å². The zero-order valence-electron chi connectivity index (χ0n) is 9.50. The molecule has 1 fully saturated rings. The molecule has 0 saturated carbocycles. The Balaban J connectivity index is 2.03. The standard InChI is InChI=1S/C12H12BrFN2O2/c13-11-8(2-1-3-9(11)14)12(18)16-7-4-5-10(17)15-6-7/h1-3,7H,4-6H2,(H,15,17)(H,16,18). The zero-order valence-corrected chi connectivity index (χ0v) is 11.1. The maximum Gasteiger partial charge on any atom is 0.252 e. The normalized spacial score (nSPS) is 19.2. The van der Waals surface area contributed by atoms with Crippen molar-refractivity contribution in [2.24, 2.45) is 0 Å². The molecule has 1 heterocycles. The molecule has 6 heteroatoms. The Labute approximate surface area is 112 Å². The van der Waals surface area contributed by atoms with Crippen molar-refractivity contribution in [1.82, 2.24) is 10.6 Å². The third kappa shape index (κ3) is 2.87. The second-order valence-electron chi connectivity index (χ2n) is 4.11. The van der Waals surface area contributed by atoms with E-state index in [0.717, 1.165) is 0 Å². The first-order chi connectivity index (χ1) is 8.58. The van der Waals surface area contributed by atoms with Crippen molar-refractivity contribution in [2.45, 2.75) is 18.9 Å². The van der Waals surface area contributed by atoms with Gasteiger partial charge in [-0.25, -0.2) is 4.39 Å². The van der Waals surface area contributed by atoms with E-state index in [1.807, 2.05) is 0 Å². The molecular formula is C12H12BrFN2O2. The average molecular weight is 315 g/mol. The molecule has 0 radical (unpaired) electrons. The van der Waals surface area contributed by atoms with Crippen LogP contribution < -0.4 is 10.6 Å². The summed E-state index contributed by atoms with van der Waals surface area (Å²) >= 11 is 3.05. The summed E-state index contributed by atoms with van der Waals surface area (Å²) in [6.45, 7) is 0.414. The van der Waals surface area contributed by atoms with Gasteiger partial charge in [0.25, 0.3) is 5.91 Å². The number of amides is 2. The maximum atomic E-state index is 13.3. The Morgan fingerprint density at radius 2 is 2.28 bits per heavy atom. The molecule has 96 valence electrons. The molecule has 1 atom stereocenters. The highest BCUT2D eigenvalue weighted by molar-refractivity contribution is 9.10.